The van der Waals surface area contributed by atoms with Gasteiger partial charge in [-0.05, 0) is 43.0 Å². The zero-order chi connectivity index (χ0) is 13.5. The summed E-state index contributed by atoms with van der Waals surface area (Å²) < 4.78 is 0. The molecule has 0 atom stereocenters. The van der Waals surface area contributed by atoms with Crippen LogP contribution in [0.15, 0.2) is 18.2 Å². The van der Waals surface area contributed by atoms with E-state index >= 15 is 0 Å². The molecule has 0 bridgehead atoms. The number of aliphatic hydroxyl groups is 1. The number of hydrogen-bond donors (Lipinski definition) is 2. The maximum absolute atomic E-state index is 11.3. The molecular weight excluding hydrogens is 240 g/mol. The molecule has 1 aliphatic carbocycles. The van der Waals surface area contributed by atoms with E-state index in [4.69, 9.17) is 0 Å². The topological polar surface area (TPSA) is 52.6 Å². The zero-order valence-electron chi connectivity index (χ0n) is 11.3. The van der Waals surface area contributed by atoms with Gasteiger partial charge in [-0.1, -0.05) is 0 Å². The van der Waals surface area contributed by atoms with Crippen LogP contribution in [0.3, 0.4) is 0 Å². The highest BCUT2D eigenvalue weighted by atomic mass is 16.3. The number of hydrogen-bond acceptors (Lipinski definition) is 3. The molecule has 1 aliphatic heterocycles. The predicted molar refractivity (Wildman–Crippen MR) is 75.4 cm³/mol. The van der Waals surface area contributed by atoms with Crippen LogP contribution in [0.2, 0.25) is 0 Å². The molecule has 0 unspecified atom stereocenters. The van der Waals surface area contributed by atoms with Crippen molar-refractivity contribution in [1.29, 1.82) is 0 Å². The molecule has 3 rings (SSSR count). The van der Waals surface area contributed by atoms with Gasteiger partial charge in [-0.15, -0.1) is 0 Å². The number of fused-ring (bicyclic) bond motifs is 1. The van der Waals surface area contributed by atoms with Gasteiger partial charge in [0.1, 0.15) is 0 Å². The summed E-state index contributed by atoms with van der Waals surface area (Å²) >= 11 is 0. The van der Waals surface area contributed by atoms with Gasteiger partial charge in [-0.2, -0.15) is 0 Å². The highest BCUT2D eigenvalue weighted by Crippen LogP contribution is 2.46. The third kappa shape index (κ3) is 2.45. The van der Waals surface area contributed by atoms with Gasteiger partial charge < -0.3 is 15.3 Å². The molecule has 0 radical (unpaired) electrons. The lowest BCUT2D eigenvalue weighted by Crippen LogP contribution is -2.29. The Morgan fingerprint density at radius 2 is 2.16 bits per heavy atom. The average Bonchev–Trinajstić information content (AvgIpc) is 3.18. The molecule has 1 amide bonds. The van der Waals surface area contributed by atoms with Crippen LogP contribution in [0.5, 0.6) is 0 Å². The molecule has 102 valence electrons. The Kier molecular flexibility index (Phi) is 2.97. The maximum atomic E-state index is 11.3. The van der Waals surface area contributed by atoms with Crippen molar-refractivity contribution in [3.63, 3.8) is 0 Å². The van der Waals surface area contributed by atoms with Crippen molar-refractivity contribution in [3.8, 4) is 0 Å². The van der Waals surface area contributed by atoms with Gasteiger partial charge in [-0.25, -0.2) is 0 Å². The van der Waals surface area contributed by atoms with Gasteiger partial charge in [0.15, 0.2) is 0 Å². The smallest absolute Gasteiger partial charge is 0.224 e. The van der Waals surface area contributed by atoms with Gasteiger partial charge in [0.25, 0.3) is 0 Å². The maximum Gasteiger partial charge on any atom is 0.224 e. The Labute approximate surface area is 113 Å². The van der Waals surface area contributed by atoms with Crippen molar-refractivity contribution < 1.29 is 9.90 Å². The summed E-state index contributed by atoms with van der Waals surface area (Å²) in [6.45, 7) is 1.17. The molecule has 19 heavy (non-hydrogen) atoms. The first kappa shape index (κ1) is 12.5. The van der Waals surface area contributed by atoms with Crippen LogP contribution >= 0.6 is 0 Å². The molecule has 0 saturated heterocycles. The summed E-state index contributed by atoms with van der Waals surface area (Å²) in [5.41, 5.74) is 3.43. The van der Waals surface area contributed by atoms with Crippen LogP contribution in [0.4, 0.5) is 11.4 Å². The fraction of sp³-hybridized carbons (Fsp3) is 0.533. The van der Waals surface area contributed by atoms with Crippen molar-refractivity contribution in [2.24, 2.45) is 5.41 Å². The minimum absolute atomic E-state index is 0.103. The van der Waals surface area contributed by atoms with E-state index in [-0.39, 0.29) is 17.9 Å². The van der Waals surface area contributed by atoms with Crippen LogP contribution in [-0.4, -0.2) is 31.2 Å². The van der Waals surface area contributed by atoms with Crippen LogP contribution in [0.1, 0.15) is 24.8 Å². The number of benzene rings is 1. The van der Waals surface area contributed by atoms with E-state index < -0.39 is 0 Å². The molecular formula is C15H20N2O2. The number of nitrogens with one attached hydrogen (secondary N) is 1. The summed E-state index contributed by atoms with van der Waals surface area (Å²) in [6.07, 6.45) is 3.62. The monoisotopic (exact) mass is 260 g/mol. The van der Waals surface area contributed by atoms with Gasteiger partial charge in [0.05, 0.1) is 6.61 Å². The van der Waals surface area contributed by atoms with Crippen molar-refractivity contribution in [3.05, 3.63) is 23.8 Å². The van der Waals surface area contributed by atoms with Gasteiger partial charge in [-0.3, -0.25) is 4.79 Å². The molecule has 1 saturated carbocycles. The highest BCUT2D eigenvalue weighted by molar-refractivity contribution is 5.94. The third-order valence-corrected chi connectivity index (χ3v) is 4.29. The van der Waals surface area contributed by atoms with E-state index in [1.165, 1.54) is 5.56 Å². The predicted octanol–water partition coefficient (Wildman–Crippen LogP) is 1.78. The van der Waals surface area contributed by atoms with E-state index in [0.29, 0.717) is 6.42 Å². The van der Waals surface area contributed by atoms with Crippen LogP contribution < -0.4 is 10.2 Å². The summed E-state index contributed by atoms with van der Waals surface area (Å²) in [6, 6.07) is 6.18. The van der Waals surface area contributed by atoms with Crippen molar-refractivity contribution in [2.75, 3.05) is 30.4 Å². The minimum Gasteiger partial charge on any atom is -0.396 e. The van der Waals surface area contributed by atoms with E-state index in [1.54, 1.807) is 0 Å². The van der Waals surface area contributed by atoms with Crippen molar-refractivity contribution in [1.82, 2.24) is 0 Å². The largest absolute Gasteiger partial charge is 0.396 e. The summed E-state index contributed by atoms with van der Waals surface area (Å²) in [5, 5.41) is 12.3. The SMILES string of the molecule is CN(CC1(CO)CC1)c1ccc2c(c1)CCC(=O)N2. The molecule has 1 heterocycles. The molecule has 0 aromatic heterocycles. The van der Waals surface area contributed by atoms with Crippen molar-refractivity contribution >= 4 is 17.3 Å². The number of carbonyl (C=O) groups excluding carboxylic acids is 1. The zero-order valence-corrected chi connectivity index (χ0v) is 11.3. The van der Waals surface area contributed by atoms with Crippen molar-refractivity contribution in [2.45, 2.75) is 25.7 Å². The lowest BCUT2D eigenvalue weighted by atomic mass is 10.0. The number of rotatable bonds is 4. The lowest BCUT2D eigenvalue weighted by Gasteiger charge is -2.26. The first-order valence-corrected chi connectivity index (χ1v) is 6.87. The van der Waals surface area contributed by atoms with Gasteiger partial charge in [0, 0.05) is 36.8 Å². The van der Waals surface area contributed by atoms with E-state index in [9.17, 15) is 9.90 Å². The first-order valence-electron chi connectivity index (χ1n) is 6.87. The van der Waals surface area contributed by atoms with Gasteiger partial charge in [0.2, 0.25) is 5.91 Å². The van der Waals surface area contributed by atoms with Crippen LogP contribution in [0, 0.1) is 5.41 Å². The van der Waals surface area contributed by atoms with E-state index in [2.05, 4.69) is 23.3 Å². The molecule has 1 fully saturated rings. The molecule has 2 aliphatic rings. The Bertz CT molecular complexity index is 509. The number of carbonyl (C=O) groups is 1. The second-order valence-electron chi connectivity index (χ2n) is 5.90. The Morgan fingerprint density at radius 1 is 1.37 bits per heavy atom. The molecule has 1 aromatic carbocycles. The second kappa shape index (κ2) is 4.53. The minimum atomic E-state index is 0.103. The Morgan fingerprint density at radius 3 is 2.84 bits per heavy atom. The van der Waals surface area contributed by atoms with E-state index in [1.807, 2.05) is 12.1 Å². The standard InChI is InChI=1S/C15H20N2O2/c1-17(9-15(10-18)6-7-15)12-3-4-13-11(8-12)2-5-14(19)16-13/h3-4,8,18H,2,5-7,9-10H2,1H3,(H,16,19). The normalized spacial score (nSPS) is 19.6. The van der Waals surface area contributed by atoms with Gasteiger partial charge >= 0.3 is 0 Å². The third-order valence-electron chi connectivity index (χ3n) is 4.29. The number of amides is 1. The second-order valence-corrected chi connectivity index (χ2v) is 5.90. The number of nitrogens with zero attached hydrogens (tertiary/aromatic N) is 1. The van der Waals surface area contributed by atoms with E-state index in [0.717, 1.165) is 37.2 Å². The summed E-state index contributed by atoms with van der Waals surface area (Å²) in [7, 11) is 2.07. The quantitative estimate of drug-likeness (QED) is 0.867. The summed E-state index contributed by atoms with van der Waals surface area (Å²) in [5.74, 6) is 0.103. The fourth-order valence-electron chi connectivity index (χ4n) is 2.74. The molecule has 2 N–H and O–H groups in total. The molecule has 4 heteroatoms. The molecule has 1 aromatic rings. The number of aliphatic hydroxyl groups excluding tert-OH is 1. The molecule has 4 nitrogen and oxygen atoms in total. The number of anilines is 2. The first-order chi connectivity index (χ1) is 9.12. The Hall–Kier alpha value is -1.55. The van der Waals surface area contributed by atoms with Crippen LogP contribution in [0.25, 0.3) is 0 Å². The summed E-state index contributed by atoms with van der Waals surface area (Å²) in [4.78, 5) is 13.5. The highest BCUT2D eigenvalue weighted by Gasteiger charge is 2.42. The lowest BCUT2D eigenvalue weighted by molar-refractivity contribution is -0.116. The number of aryl methyl sites for hydroxylation is 1. The fourth-order valence-corrected chi connectivity index (χ4v) is 2.74. The Balaban J connectivity index is 1.76. The molecule has 0 spiro atoms. The van der Waals surface area contributed by atoms with Crippen LogP contribution in [-0.2, 0) is 11.2 Å². The average molecular weight is 260 g/mol.